The number of nitro benzene ring substituents is 1. The predicted octanol–water partition coefficient (Wildman–Crippen LogP) is 3.28. The van der Waals surface area contributed by atoms with Crippen LogP contribution in [-0.2, 0) is 13.1 Å². The number of hydrogen-bond donors (Lipinski definition) is 1. The fourth-order valence-corrected chi connectivity index (χ4v) is 2.26. The first-order chi connectivity index (χ1) is 11.4. The van der Waals surface area contributed by atoms with Crippen molar-refractivity contribution in [3.63, 3.8) is 0 Å². The van der Waals surface area contributed by atoms with Gasteiger partial charge in [0, 0.05) is 30.8 Å². The molecule has 2 aromatic carbocycles. The van der Waals surface area contributed by atoms with Crippen LogP contribution in [0.3, 0.4) is 0 Å². The Labute approximate surface area is 139 Å². The lowest BCUT2D eigenvalue weighted by Gasteiger charge is -2.12. The van der Waals surface area contributed by atoms with Crippen molar-refractivity contribution in [3.05, 3.63) is 69.0 Å². The van der Waals surface area contributed by atoms with E-state index in [-0.39, 0.29) is 17.1 Å². The highest BCUT2D eigenvalue weighted by atomic mass is 19.1. The summed E-state index contributed by atoms with van der Waals surface area (Å²) in [6, 6.07) is 10.9. The Kier molecular flexibility index (Phi) is 5.45. The number of hydrogen-bond acceptors (Lipinski definition) is 5. The van der Waals surface area contributed by atoms with Crippen LogP contribution < -0.4 is 5.32 Å². The normalized spacial score (nSPS) is 10.5. The highest BCUT2D eigenvalue weighted by Crippen LogP contribution is 2.22. The Bertz CT molecular complexity index is 800. The zero-order chi connectivity index (χ0) is 17.7. The Morgan fingerprint density at radius 2 is 2.04 bits per heavy atom. The summed E-state index contributed by atoms with van der Waals surface area (Å²) in [5.41, 5.74) is 1.83. The van der Waals surface area contributed by atoms with E-state index in [0.717, 1.165) is 5.56 Å². The van der Waals surface area contributed by atoms with Crippen LogP contribution >= 0.6 is 0 Å². The Hall–Kier alpha value is -2.98. The van der Waals surface area contributed by atoms with E-state index < -0.39 is 4.92 Å². The van der Waals surface area contributed by atoms with Crippen LogP contribution in [0.4, 0.5) is 15.8 Å². The summed E-state index contributed by atoms with van der Waals surface area (Å²) in [5, 5.41) is 22.9. The maximum absolute atomic E-state index is 14.0. The molecule has 0 amide bonds. The summed E-state index contributed by atoms with van der Waals surface area (Å²) < 4.78 is 14.0. The molecule has 0 aliphatic carbocycles. The van der Waals surface area contributed by atoms with E-state index in [1.54, 1.807) is 6.07 Å². The van der Waals surface area contributed by atoms with Crippen molar-refractivity contribution < 1.29 is 9.31 Å². The third kappa shape index (κ3) is 4.27. The smallest absolute Gasteiger partial charge is 0.270 e. The van der Waals surface area contributed by atoms with Crippen molar-refractivity contribution in [1.29, 1.82) is 5.26 Å². The topological polar surface area (TPSA) is 82.2 Å². The lowest BCUT2D eigenvalue weighted by Crippen LogP contribution is -2.12. The van der Waals surface area contributed by atoms with E-state index in [4.69, 9.17) is 5.26 Å². The van der Waals surface area contributed by atoms with E-state index in [0.29, 0.717) is 24.3 Å². The van der Waals surface area contributed by atoms with Crippen molar-refractivity contribution in [3.8, 4) is 6.07 Å². The molecule has 1 N–H and O–H groups in total. The van der Waals surface area contributed by atoms with Gasteiger partial charge in [-0.1, -0.05) is 12.1 Å². The third-order valence-corrected chi connectivity index (χ3v) is 3.42. The zero-order valence-electron chi connectivity index (χ0n) is 13.4. The number of nitriles is 1. The highest BCUT2D eigenvalue weighted by molar-refractivity contribution is 5.61. The largest absolute Gasteiger partial charge is 0.380 e. The molecule has 0 bridgehead atoms. The molecule has 7 heteroatoms. The predicted molar refractivity (Wildman–Crippen MR) is 88.9 cm³/mol. The molecule has 0 heterocycles. The van der Waals surface area contributed by atoms with E-state index in [2.05, 4.69) is 5.32 Å². The maximum Gasteiger partial charge on any atom is 0.270 e. The average molecular weight is 328 g/mol. The third-order valence-electron chi connectivity index (χ3n) is 3.42. The minimum atomic E-state index is -0.552. The van der Waals surface area contributed by atoms with Crippen LogP contribution in [0.1, 0.15) is 16.7 Å². The molecular formula is C17H17FN4O2. The number of rotatable bonds is 6. The quantitative estimate of drug-likeness (QED) is 0.650. The van der Waals surface area contributed by atoms with Crippen LogP contribution in [-0.4, -0.2) is 23.9 Å². The van der Waals surface area contributed by atoms with E-state index in [1.807, 2.05) is 31.1 Å². The Balaban J connectivity index is 2.12. The molecule has 0 aliphatic heterocycles. The maximum atomic E-state index is 14.0. The summed E-state index contributed by atoms with van der Waals surface area (Å²) >= 11 is 0. The first-order valence-electron chi connectivity index (χ1n) is 7.25. The first kappa shape index (κ1) is 17.4. The molecular weight excluding hydrogens is 311 g/mol. The molecule has 124 valence electrons. The average Bonchev–Trinajstić information content (AvgIpc) is 2.54. The van der Waals surface area contributed by atoms with Gasteiger partial charge in [-0.25, -0.2) is 4.39 Å². The zero-order valence-corrected chi connectivity index (χ0v) is 13.4. The molecule has 0 saturated carbocycles. The Morgan fingerprint density at radius 1 is 1.29 bits per heavy atom. The van der Waals surface area contributed by atoms with Crippen LogP contribution in [0.15, 0.2) is 36.4 Å². The standard InChI is InChI=1S/C17H17FN4O2/c1-21(2)11-13-4-3-12(7-16(13)18)10-20-17-6-5-15(22(23)24)8-14(17)9-19/h3-8,20H,10-11H2,1-2H3. The van der Waals surface area contributed by atoms with E-state index in [1.165, 1.54) is 24.3 Å². The van der Waals surface area contributed by atoms with Gasteiger partial charge in [-0.3, -0.25) is 10.1 Å². The number of benzene rings is 2. The number of nitro groups is 1. The van der Waals surface area contributed by atoms with Gasteiger partial charge in [0.05, 0.1) is 16.2 Å². The lowest BCUT2D eigenvalue weighted by atomic mass is 10.1. The Morgan fingerprint density at radius 3 is 2.62 bits per heavy atom. The van der Waals surface area contributed by atoms with Gasteiger partial charge in [-0.2, -0.15) is 5.26 Å². The molecule has 0 saturated heterocycles. The van der Waals surface area contributed by atoms with Gasteiger partial charge >= 0.3 is 0 Å². The van der Waals surface area contributed by atoms with Crippen LogP contribution in [0.5, 0.6) is 0 Å². The second kappa shape index (κ2) is 7.53. The van der Waals surface area contributed by atoms with Crippen LogP contribution in [0.2, 0.25) is 0 Å². The van der Waals surface area contributed by atoms with Crippen LogP contribution in [0.25, 0.3) is 0 Å². The second-order valence-electron chi connectivity index (χ2n) is 5.62. The summed E-state index contributed by atoms with van der Waals surface area (Å²) in [5.74, 6) is -0.285. The molecule has 0 aromatic heterocycles. The summed E-state index contributed by atoms with van der Waals surface area (Å²) in [4.78, 5) is 12.1. The van der Waals surface area contributed by atoms with Gasteiger partial charge in [0.1, 0.15) is 11.9 Å². The molecule has 0 aliphatic rings. The summed E-state index contributed by atoms with van der Waals surface area (Å²) in [6.07, 6.45) is 0. The van der Waals surface area contributed by atoms with Gasteiger partial charge in [0.25, 0.3) is 5.69 Å². The minimum Gasteiger partial charge on any atom is -0.380 e. The first-order valence-corrected chi connectivity index (χ1v) is 7.25. The van der Waals surface area contributed by atoms with E-state index in [9.17, 15) is 14.5 Å². The fraction of sp³-hybridized carbons (Fsp3) is 0.235. The molecule has 2 aromatic rings. The molecule has 0 unspecified atom stereocenters. The molecule has 0 spiro atoms. The van der Waals surface area contributed by atoms with Gasteiger partial charge < -0.3 is 10.2 Å². The molecule has 6 nitrogen and oxygen atoms in total. The molecule has 24 heavy (non-hydrogen) atoms. The fourth-order valence-electron chi connectivity index (χ4n) is 2.26. The van der Waals surface area contributed by atoms with Gasteiger partial charge in [0.15, 0.2) is 0 Å². The van der Waals surface area contributed by atoms with Gasteiger partial charge in [-0.15, -0.1) is 0 Å². The van der Waals surface area contributed by atoms with Crippen molar-refractivity contribution in [1.82, 2.24) is 4.90 Å². The number of nitrogens with one attached hydrogen (secondary N) is 1. The van der Waals surface area contributed by atoms with E-state index >= 15 is 0 Å². The minimum absolute atomic E-state index is 0.142. The lowest BCUT2D eigenvalue weighted by molar-refractivity contribution is -0.384. The molecule has 0 radical (unpaired) electrons. The molecule has 0 atom stereocenters. The molecule has 0 fully saturated rings. The number of halogens is 1. The van der Waals surface area contributed by atoms with Crippen molar-refractivity contribution in [2.75, 3.05) is 19.4 Å². The summed E-state index contributed by atoms with van der Waals surface area (Å²) in [6.45, 7) is 0.826. The molecule has 2 rings (SSSR count). The van der Waals surface area contributed by atoms with Crippen molar-refractivity contribution >= 4 is 11.4 Å². The van der Waals surface area contributed by atoms with Gasteiger partial charge in [0.2, 0.25) is 0 Å². The van der Waals surface area contributed by atoms with Crippen molar-refractivity contribution in [2.45, 2.75) is 13.1 Å². The van der Waals surface area contributed by atoms with Crippen LogP contribution in [0, 0.1) is 27.3 Å². The SMILES string of the molecule is CN(C)Cc1ccc(CNc2ccc([N+](=O)[O-])cc2C#N)cc1F. The monoisotopic (exact) mass is 328 g/mol. The number of non-ortho nitro benzene ring substituents is 1. The second-order valence-corrected chi connectivity index (χ2v) is 5.62. The highest BCUT2D eigenvalue weighted by Gasteiger charge is 2.11. The summed E-state index contributed by atoms with van der Waals surface area (Å²) in [7, 11) is 3.74. The van der Waals surface area contributed by atoms with Gasteiger partial charge in [-0.05, 0) is 31.8 Å². The number of nitrogens with zero attached hydrogens (tertiary/aromatic N) is 3. The van der Waals surface area contributed by atoms with Crippen molar-refractivity contribution in [2.24, 2.45) is 0 Å². The number of anilines is 1.